The zero-order chi connectivity index (χ0) is 19.6. The van der Waals surface area contributed by atoms with Gasteiger partial charge in [0.15, 0.2) is 0 Å². The Morgan fingerprint density at radius 1 is 1.30 bits per heavy atom. The van der Waals surface area contributed by atoms with E-state index in [0.29, 0.717) is 24.4 Å². The van der Waals surface area contributed by atoms with Crippen LogP contribution in [0.15, 0.2) is 11.6 Å². The third kappa shape index (κ3) is 4.33. The van der Waals surface area contributed by atoms with Crippen molar-refractivity contribution in [2.24, 2.45) is 0 Å². The van der Waals surface area contributed by atoms with Gasteiger partial charge in [0.1, 0.15) is 17.2 Å². The van der Waals surface area contributed by atoms with E-state index in [2.05, 4.69) is 20.6 Å². The molecule has 0 saturated carbocycles. The van der Waals surface area contributed by atoms with Crippen LogP contribution in [0.2, 0.25) is 0 Å². The number of nitrogens with zero attached hydrogens (tertiary/aromatic N) is 5. The molecule has 0 aromatic carbocycles. The van der Waals surface area contributed by atoms with Crippen molar-refractivity contribution in [1.82, 2.24) is 30.2 Å². The normalized spacial score (nSPS) is 18.4. The third-order valence-electron chi connectivity index (χ3n) is 4.26. The van der Waals surface area contributed by atoms with Gasteiger partial charge in [0.05, 0.1) is 17.9 Å². The Balaban J connectivity index is 1.63. The number of thiazole rings is 1. The van der Waals surface area contributed by atoms with Gasteiger partial charge in [-0.2, -0.15) is 0 Å². The average Bonchev–Trinajstić information content (AvgIpc) is 3.32. The summed E-state index contributed by atoms with van der Waals surface area (Å²) >= 11 is 1.47. The van der Waals surface area contributed by atoms with Gasteiger partial charge in [-0.15, -0.1) is 16.4 Å². The quantitative estimate of drug-likeness (QED) is 0.690. The predicted octanol–water partition coefficient (Wildman–Crippen LogP) is 2.08. The molecular formula is C17H24N6O3S. The molecule has 0 radical (unpaired) electrons. The van der Waals surface area contributed by atoms with Crippen molar-refractivity contribution in [3.05, 3.63) is 28.0 Å². The Morgan fingerprint density at radius 2 is 2.07 bits per heavy atom. The third-order valence-corrected chi connectivity index (χ3v) is 5.32. The lowest BCUT2D eigenvalue weighted by Crippen LogP contribution is -2.32. The molecule has 9 nitrogen and oxygen atoms in total. The molecule has 3 amide bonds. The largest absolute Gasteiger partial charge is 0.372 e. The molecule has 146 valence electrons. The zero-order valence-corrected chi connectivity index (χ0v) is 16.7. The lowest BCUT2D eigenvalue weighted by molar-refractivity contribution is -0.127. The molecule has 1 N–H and O–H groups in total. The number of carbonyl (C=O) groups is 2. The Hall–Kier alpha value is -2.33. The summed E-state index contributed by atoms with van der Waals surface area (Å²) in [5.74, 6) is -0.272. The van der Waals surface area contributed by atoms with Crippen LogP contribution in [0.4, 0.5) is 4.79 Å². The fourth-order valence-corrected chi connectivity index (χ4v) is 3.61. The summed E-state index contributed by atoms with van der Waals surface area (Å²) in [4.78, 5) is 30.6. The van der Waals surface area contributed by atoms with Gasteiger partial charge in [-0.05, 0) is 27.7 Å². The fraction of sp³-hybridized carbons (Fsp3) is 0.588. The number of hydrogen-bond donors (Lipinski definition) is 1. The maximum Gasteiger partial charge on any atom is 0.325 e. The highest BCUT2D eigenvalue weighted by molar-refractivity contribution is 7.09. The van der Waals surface area contributed by atoms with Crippen molar-refractivity contribution in [3.63, 3.8) is 0 Å². The van der Waals surface area contributed by atoms with Crippen LogP contribution in [0.5, 0.6) is 0 Å². The van der Waals surface area contributed by atoms with Gasteiger partial charge < -0.3 is 10.1 Å². The van der Waals surface area contributed by atoms with Crippen LogP contribution in [0.25, 0.3) is 0 Å². The summed E-state index contributed by atoms with van der Waals surface area (Å²) in [7, 11) is 0. The number of nitrogens with one attached hydrogen (secondary N) is 1. The average molecular weight is 392 g/mol. The monoisotopic (exact) mass is 392 g/mol. The second kappa shape index (κ2) is 8.13. The second-order valence-electron chi connectivity index (χ2n) is 6.69. The van der Waals surface area contributed by atoms with E-state index >= 15 is 0 Å². The smallest absolute Gasteiger partial charge is 0.325 e. The summed E-state index contributed by atoms with van der Waals surface area (Å²) in [5.41, 5.74) is 1.35. The number of imide groups is 1. The Kier molecular flexibility index (Phi) is 5.85. The Labute approximate surface area is 161 Å². The van der Waals surface area contributed by atoms with Crippen LogP contribution in [0.1, 0.15) is 56.2 Å². The van der Waals surface area contributed by atoms with E-state index in [9.17, 15) is 9.59 Å². The van der Waals surface area contributed by atoms with E-state index in [4.69, 9.17) is 4.74 Å². The van der Waals surface area contributed by atoms with Crippen LogP contribution in [-0.2, 0) is 22.5 Å². The first-order chi connectivity index (χ1) is 12.9. The Morgan fingerprint density at radius 3 is 2.74 bits per heavy atom. The molecule has 3 rings (SSSR count). The number of hydrogen-bond acceptors (Lipinski definition) is 7. The highest BCUT2D eigenvalue weighted by Crippen LogP contribution is 2.23. The van der Waals surface area contributed by atoms with Gasteiger partial charge in [0.25, 0.3) is 5.91 Å². The maximum atomic E-state index is 12.6. The molecule has 1 aliphatic rings. The molecule has 10 heteroatoms. The van der Waals surface area contributed by atoms with E-state index in [-0.39, 0.29) is 24.6 Å². The SMILES string of the molecule is CCO[C@@H](C)c1nc(CN2C(=O)N[C@H](Cc3cn(C(C)C)nn3)C2=O)cs1. The molecule has 0 aliphatic carbocycles. The molecule has 1 fully saturated rings. The van der Waals surface area contributed by atoms with Crippen LogP contribution >= 0.6 is 11.3 Å². The van der Waals surface area contributed by atoms with Gasteiger partial charge in [0.2, 0.25) is 0 Å². The van der Waals surface area contributed by atoms with E-state index in [1.807, 2.05) is 33.1 Å². The molecule has 27 heavy (non-hydrogen) atoms. The first-order valence-corrected chi connectivity index (χ1v) is 9.85. The summed E-state index contributed by atoms with van der Waals surface area (Å²) in [6, 6.07) is -0.849. The summed E-state index contributed by atoms with van der Waals surface area (Å²) < 4.78 is 7.26. The maximum absolute atomic E-state index is 12.6. The first kappa shape index (κ1) is 19.4. The molecule has 2 atom stereocenters. The standard InChI is InChI=1S/C17H24N6O3S/c1-5-26-11(4)15-18-13(9-27-15)7-22-16(24)14(19-17(22)25)6-12-8-23(10(2)3)21-20-12/h8-11,14H,5-7H2,1-4H3,(H,19,25)/t11-,14+/m0/s1. The molecule has 0 spiro atoms. The molecule has 2 aromatic heterocycles. The highest BCUT2D eigenvalue weighted by Gasteiger charge is 2.38. The molecule has 0 unspecified atom stereocenters. The lowest BCUT2D eigenvalue weighted by Gasteiger charge is -2.11. The van der Waals surface area contributed by atoms with Crippen LogP contribution in [0, 0.1) is 0 Å². The molecule has 2 aromatic rings. The zero-order valence-electron chi connectivity index (χ0n) is 15.9. The summed E-state index contributed by atoms with van der Waals surface area (Å²) in [5, 5.41) is 13.5. The minimum atomic E-state index is -0.629. The number of carbonyl (C=O) groups excluding carboxylic acids is 2. The fourth-order valence-electron chi connectivity index (χ4n) is 2.80. The van der Waals surface area contributed by atoms with Gasteiger partial charge in [-0.3, -0.25) is 9.69 Å². The number of urea groups is 1. The van der Waals surface area contributed by atoms with Gasteiger partial charge in [0, 0.05) is 30.6 Å². The topological polar surface area (TPSA) is 102 Å². The molecule has 1 aliphatic heterocycles. The van der Waals surface area contributed by atoms with Crippen molar-refractivity contribution in [1.29, 1.82) is 0 Å². The molecular weight excluding hydrogens is 368 g/mol. The lowest BCUT2D eigenvalue weighted by atomic mass is 10.1. The molecule has 1 saturated heterocycles. The van der Waals surface area contributed by atoms with Crippen molar-refractivity contribution in [3.8, 4) is 0 Å². The molecule has 0 bridgehead atoms. The number of aromatic nitrogens is 4. The van der Waals surface area contributed by atoms with Gasteiger partial charge in [-0.1, -0.05) is 5.21 Å². The summed E-state index contributed by atoms with van der Waals surface area (Å²) in [6.07, 6.45) is 2.01. The van der Waals surface area contributed by atoms with E-state index in [1.165, 1.54) is 16.2 Å². The van der Waals surface area contributed by atoms with E-state index in [1.54, 1.807) is 10.9 Å². The van der Waals surface area contributed by atoms with Crippen LogP contribution in [-0.4, -0.2) is 49.5 Å². The van der Waals surface area contributed by atoms with Crippen molar-refractivity contribution < 1.29 is 14.3 Å². The van der Waals surface area contributed by atoms with Gasteiger partial charge in [-0.25, -0.2) is 14.5 Å². The van der Waals surface area contributed by atoms with E-state index < -0.39 is 12.1 Å². The number of amides is 3. The second-order valence-corrected chi connectivity index (χ2v) is 7.58. The van der Waals surface area contributed by atoms with Crippen LogP contribution in [0.3, 0.4) is 0 Å². The number of rotatable bonds is 8. The van der Waals surface area contributed by atoms with Gasteiger partial charge >= 0.3 is 6.03 Å². The number of ether oxygens (including phenoxy) is 1. The first-order valence-electron chi connectivity index (χ1n) is 8.97. The van der Waals surface area contributed by atoms with Crippen LogP contribution < -0.4 is 5.32 Å². The molecule has 3 heterocycles. The van der Waals surface area contributed by atoms with Crippen molar-refractivity contribution >= 4 is 23.3 Å². The van der Waals surface area contributed by atoms with E-state index in [0.717, 1.165) is 5.01 Å². The highest BCUT2D eigenvalue weighted by atomic mass is 32.1. The summed E-state index contributed by atoms with van der Waals surface area (Å²) in [6.45, 7) is 8.61. The van der Waals surface area contributed by atoms with Crippen molar-refractivity contribution in [2.75, 3.05) is 6.61 Å². The Bertz CT molecular complexity index is 817. The predicted molar refractivity (Wildman–Crippen MR) is 99.1 cm³/mol. The minimum absolute atomic E-state index is 0.104. The van der Waals surface area contributed by atoms with Crippen molar-refractivity contribution in [2.45, 2.75) is 58.8 Å². The minimum Gasteiger partial charge on any atom is -0.372 e.